The van der Waals surface area contributed by atoms with Crippen LogP contribution in [0.5, 0.6) is 0 Å². The van der Waals surface area contributed by atoms with E-state index in [-0.39, 0.29) is 5.82 Å². The molecule has 4 nitrogen and oxygen atoms in total. The molecule has 2 aromatic rings. The lowest BCUT2D eigenvalue weighted by Gasteiger charge is -2.19. The molecule has 0 aliphatic rings. The highest BCUT2D eigenvalue weighted by molar-refractivity contribution is 5.63. The van der Waals surface area contributed by atoms with E-state index in [2.05, 4.69) is 16.0 Å². The van der Waals surface area contributed by atoms with Crippen molar-refractivity contribution in [2.45, 2.75) is 20.8 Å². The van der Waals surface area contributed by atoms with Crippen molar-refractivity contribution in [1.82, 2.24) is 9.97 Å². The van der Waals surface area contributed by atoms with Crippen LogP contribution in [-0.2, 0) is 0 Å². The van der Waals surface area contributed by atoms with Crippen LogP contribution in [0.4, 0.5) is 10.3 Å². The van der Waals surface area contributed by atoms with Gasteiger partial charge in [0, 0.05) is 24.7 Å². The number of anilines is 1. The fourth-order valence-electron chi connectivity index (χ4n) is 2.09. The van der Waals surface area contributed by atoms with Gasteiger partial charge in [-0.15, -0.1) is 0 Å². The largest absolute Gasteiger partial charge is 0.341 e. The molecule has 0 fully saturated rings. The summed E-state index contributed by atoms with van der Waals surface area (Å²) < 4.78 is 13.4. The zero-order valence-electron chi connectivity index (χ0n) is 12.4. The van der Waals surface area contributed by atoms with Crippen molar-refractivity contribution >= 4 is 5.95 Å². The zero-order chi connectivity index (χ0) is 15.4. The fourth-order valence-corrected chi connectivity index (χ4v) is 2.09. The van der Waals surface area contributed by atoms with E-state index >= 15 is 0 Å². The molecule has 0 aliphatic heterocycles. The van der Waals surface area contributed by atoms with E-state index in [1.165, 1.54) is 6.07 Å². The molecule has 0 unspecified atom stereocenters. The summed E-state index contributed by atoms with van der Waals surface area (Å²) in [6.07, 6.45) is 0. The number of aryl methyl sites for hydroxylation is 1. The second-order valence-electron chi connectivity index (χ2n) is 4.69. The highest BCUT2D eigenvalue weighted by Crippen LogP contribution is 2.22. The van der Waals surface area contributed by atoms with Crippen molar-refractivity contribution in [3.63, 3.8) is 0 Å². The van der Waals surface area contributed by atoms with Crippen molar-refractivity contribution in [2.75, 3.05) is 18.0 Å². The van der Waals surface area contributed by atoms with Gasteiger partial charge in [0.15, 0.2) is 0 Å². The van der Waals surface area contributed by atoms with E-state index in [9.17, 15) is 4.39 Å². The molecule has 5 heteroatoms. The van der Waals surface area contributed by atoms with Crippen molar-refractivity contribution < 1.29 is 4.39 Å². The van der Waals surface area contributed by atoms with E-state index in [1.807, 2.05) is 18.7 Å². The number of halogens is 1. The summed E-state index contributed by atoms with van der Waals surface area (Å²) in [5.74, 6) is 0.272. The number of rotatable bonds is 4. The minimum atomic E-state index is -0.253. The van der Waals surface area contributed by atoms with Crippen molar-refractivity contribution in [3.05, 3.63) is 41.3 Å². The van der Waals surface area contributed by atoms with Gasteiger partial charge in [-0.3, -0.25) is 0 Å². The number of hydrogen-bond donors (Lipinski definition) is 0. The van der Waals surface area contributed by atoms with Crippen LogP contribution < -0.4 is 4.90 Å². The Labute approximate surface area is 123 Å². The van der Waals surface area contributed by atoms with Crippen LogP contribution >= 0.6 is 0 Å². The number of nitrogens with zero attached hydrogens (tertiary/aromatic N) is 4. The lowest BCUT2D eigenvalue weighted by Crippen LogP contribution is -2.24. The molecule has 0 N–H and O–H groups in total. The maximum Gasteiger partial charge on any atom is 0.227 e. The van der Waals surface area contributed by atoms with Gasteiger partial charge in [-0.1, -0.05) is 0 Å². The maximum absolute atomic E-state index is 13.4. The maximum atomic E-state index is 13.4. The first kappa shape index (κ1) is 14.9. The molecule has 0 bridgehead atoms. The summed E-state index contributed by atoms with van der Waals surface area (Å²) in [5, 5.41) is 9.14. The van der Waals surface area contributed by atoms with E-state index in [4.69, 9.17) is 5.26 Å². The Kier molecular flexibility index (Phi) is 4.49. The average molecular weight is 284 g/mol. The average Bonchev–Trinajstić information content (AvgIpc) is 2.51. The van der Waals surface area contributed by atoms with Crippen molar-refractivity contribution in [3.8, 4) is 17.3 Å². The number of benzene rings is 1. The predicted octanol–water partition coefficient (Wildman–Crippen LogP) is 3.31. The molecule has 0 saturated heterocycles. The number of hydrogen-bond acceptors (Lipinski definition) is 4. The van der Waals surface area contributed by atoms with Crippen LogP contribution in [0.3, 0.4) is 0 Å². The second-order valence-corrected chi connectivity index (χ2v) is 4.69. The molecule has 0 atom stereocenters. The van der Waals surface area contributed by atoms with Crippen LogP contribution in [0.1, 0.15) is 25.1 Å². The molecule has 0 amide bonds. The molecular weight excluding hydrogens is 267 g/mol. The van der Waals surface area contributed by atoms with Crippen LogP contribution in [-0.4, -0.2) is 23.1 Å². The monoisotopic (exact) mass is 284 g/mol. The molecule has 0 aliphatic carbocycles. The minimum Gasteiger partial charge on any atom is -0.341 e. The Morgan fingerprint density at radius 2 is 1.90 bits per heavy atom. The smallest absolute Gasteiger partial charge is 0.227 e. The van der Waals surface area contributed by atoms with Crippen molar-refractivity contribution in [1.29, 1.82) is 5.26 Å². The van der Waals surface area contributed by atoms with Crippen LogP contribution in [0.25, 0.3) is 11.3 Å². The Morgan fingerprint density at radius 3 is 2.48 bits per heavy atom. The summed E-state index contributed by atoms with van der Waals surface area (Å²) in [6, 6.07) is 8.48. The Balaban J connectivity index is 2.55. The third-order valence-corrected chi connectivity index (χ3v) is 3.33. The number of aromatic nitrogens is 2. The Hall–Kier alpha value is -2.48. The SMILES string of the molecule is CCN(CC)c1nc(C#N)cc(-c2ccc(F)c(C)c2)n1. The van der Waals surface area contributed by atoms with E-state index in [0.717, 1.165) is 18.7 Å². The molecule has 21 heavy (non-hydrogen) atoms. The Morgan fingerprint density at radius 1 is 1.19 bits per heavy atom. The van der Waals surface area contributed by atoms with Gasteiger partial charge in [0.05, 0.1) is 5.69 Å². The molecule has 2 rings (SSSR count). The lowest BCUT2D eigenvalue weighted by molar-refractivity contribution is 0.619. The summed E-state index contributed by atoms with van der Waals surface area (Å²) in [6.45, 7) is 7.23. The van der Waals surface area contributed by atoms with Crippen LogP contribution in [0.15, 0.2) is 24.3 Å². The molecule has 1 aromatic carbocycles. The molecule has 0 spiro atoms. The highest BCUT2D eigenvalue weighted by Gasteiger charge is 2.11. The second kappa shape index (κ2) is 6.31. The van der Waals surface area contributed by atoms with Crippen LogP contribution in [0, 0.1) is 24.1 Å². The molecule has 0 radical (unpaired) electrons. The van der Waals surface area contributed by atoms with Gasteiger partial charge in [0.2, 0.25) is 5.95 Å². The lowest BCUT2D eigenvalue weighted by atomic mass is 10.1. The van der Waals surface area contributed by atoms with E-state index < -0.39 is 0 Å². The van der Waals surface area contributed by atoms with Crippen molar-refractivity contribution in [2.24, 2.45) is 0 Å². The third kappa shape index (κ3) is 3.16. The van der Waals surface area contributed by atoms with Gasteiger partial charge in [-0.2, -0.15) is 5.26 Å². The molecule has 1 aromatic heterocycles. The standard InChI is InChI=1S/C16H17FN4/c1-4-21(5-2)16-19-13(10-18)9-15(20-16)12-6-7-14(17)11(3)8-12/h6-9H,4-5H2,1-3H3. The normalized spacial score (nSPS) is 10.2. The molecular formula is C16H17FN4. The van der Waals surface area contributed by atoms with Gasteiger partial charge in [-0.05, 0) is 44.5 Å². The first-order valence-electron chi connectivity index (χ1n) is 6.89. The first-order valence-corrected chi connectivity index (χ1v) is 6.89. The van der Waals surface area contributed by atoms with Gasteiger partial charge >= 0.3 is 0 Å². The first-order chi connectivity index (χ1) is 10.1. The highest BCUT2D eigenvalue weighted by atomic mass is 19.1. The Bertz CT molecular complexity index is 687. The van der Waals surface area contributed by atoms with Gasteiger partial charge in [0.1, 0.15) is 17.6 Å². The van der Waals surface area contributed by atoms with Gasteiger partial charge in [0.25, 0.3) is 0 Å². The molecule has 0 saturated carbocycles. The van der Waals surface area contributed by atoms with E-state index in [0.29, 0.717) is 22.9 Å². The number of nitriles is 1. The summed E-state index contributed by atoms with van der Waals surface area (Å²) in [7, 11) is 0. The van der Waals surface area contributed by atoms with Gasteiger partial charge in [-0.25, -0.2) is 14.4 Å². The third-order valence-electron chi connectivity index (χ3n) is 3.33. The van der Waals surface area contributed by atoms with Crippen LogP contribution in [0.2, 0.25) is 0 Å². The predicted molar refractivity (Wildman–Crippen MR) is 80.4 cm³/mol. The summed E-state index contributed by atoms with van der Waals surface area (Å²) in [4.78, 5) is 10.7. The molecule has 108 valence electrons. The van der Waals surface area contributed by atoms with E-state index in [1.54, 1.807) is 25.1 Å². The fraction of sp³-hybridized carbons (Fsp3) is 0.312. The molecule has 1 heterocycles. The summed E-state index contributed by atoms with van der Waals surface area (Å²) in [5.41, 5.74) is 2.27. The minimum absolute atomic E-state index is 0.253. The van der Waals surface area contributed by atoms with Gasteiger partial charge < -0.3 is 4.90 Å². The quantitative estimate of drug-likeness (QED) is 0.864. The zero-order valence-corrected chi connectivity index (χ0v) is 12.4. The topological polar surface area (TPSA) is 52.8 Å². The summed E-state index contributed by atoms with van der Waals surface area (Å²) >= 11 is 0.